The van der Waals surface area contributed by atoms with Crippen molar-refractivity contribution in [2.24, 2.45) is 7.05 Å². The van der Waals surface area contributed by atoms with Gasteiger partial charge in [-0.25, -0.2) is 4.57 Å². The van der Waals surface area contributed by atoms with Gasteiger partial charge < -0.3 is 5.11 Å². The molecular formula is C14H13ClNO+. The molecule has 0 aliphatic rings. The van der Waals surface area contributed by atoms with Crippen LogP contribution in [0.25, 0.3) is 12.2 Å². The maximum Gasteiger partial charge on any atom is 0.169 e. The van der Waals surface area contributed by atoms with Gasteiger partial charge in [-0.15, -0.1) is 0 Å². The molecule has 0 saturated heterocycles. The lowest BCUT2D eigenvalue weighted by Crippen LogP contribution is -2.25. The second-order valence-electron chi connectivity index (χ2n) is 3.83. The highest BCUT2D eigenvalue weighted by molar-refractivity contribution is 6.30. The maximum absolute atomic E-state index is 9.64. The van der Waals surface area contributed by atoms with Crippen LogP contribution in [0.3, 0.4) is 0 Å². The number of aromatic nitrogens is 1. The van der Waals surface area contributed by atoms with Crippen LogP contribution in [0.5, 0.6) is 5.75 Å². The van der Waals surface area contributed by atoms with Crippen molar-refractivity contribution >= 4 is 23.8 Å². The minimum Gasteiger partial charge on any atom is -0.507 e. The minimum absolute atomic E-state index is 0.229. The quantitative estimate of drug-likeness (QED) is 0.810. The lowest BCUT2D eigenvalue weighted by atomic mass is 10.1. The summed E-state index contributed by atoms with van der Waals surface area (Å²) in [5.74, 6) is 0.229. The van der Waals surface area contributed by atoms with Crippen molar-refractivity contribution in [1.29, 1.82) is 0 Å². The Labute approximate surface area is 105 Å². The second-order valence-corrected chi connectivity index (χ2v) is 4.27. The van der Waals surface area contributed by atoms with Crippen LogP contribution in [0.1, 0.15) is 11.1 Å². The Kier molecular flexibility index (Phi) is 3.45. The summed E-state index contributed by atoms with van der Waals surface area (Å²) < 4.78 is 1.97. The second kappa shape index (κ2) is 5.02. The van der Waals surface area contributed by atoms with Crippen LogP contribution in [-0.2, 0) is 7.05 Å². The lowest BCUT2D eigenvalue weighted by molar-refractivity contribution is -0.671. The van der Waals surface area contributed by atoms with Gasteiger partial charge in [0.2, 0.25) is 0 Å². The predicted molar refractivity (Wildman–Crippen MR) is 69.7 cm³/mol. The topological polar surface area (TPSA) is 24.1 Å². The molecule has 0 bridgehead atoms. The monoisotopic (exact) mass is 246 g/mol. The van der Waals surface area contributed by atoms with E-state index in [1.54, 1.807) is 18.2 Å². The van der Waals surface area contributed by atoms with E-state index in [-0.39, 0.29) is 5.75 Å². The van der Waals surface area contributed by atoms with Crippen LogP contribution >= 0.6 is 11.6 Å². The van der Waals surface area contributed by atoms with Gasteiger partial charge >= 0.3 is 0 Å². The van der Waals surface area contributed by atoms with Gasteiger partial charge in [-0.05, 0) is 23.8 Å². The standard InChI is InChI=1S/C14H12ClNO/c1-16-8-6-11(7-9-16)2-3-12-10-13(15)4-5-14(12)17/h2-10H,1H3/p+1. The number of pyridine rings is 1. The molecule has 0 fully saturated rings. The van der Waals surface area contributed by atoms with Crippen molar-refractivity contribution in [3.63, 3.8) is 0 Å². The smallest absolute Gasteiger partial charge is 0.169 e. The Morgan fingerprint density at radius 1 is 1.12 bits per heavy atom. The Bertz CT molecular complexity index is 547. The van der Waals surface area contributed by atoms with Crippen molar-refractivity contribution in [3.05, 3.63) is 58.9 Å². The number of hydrogen-bond donors (Lipinski definition) is 1. The molecule has 1 N–H and O–H groups in total. The van der Waals surface area contributed by atoms with E-state index in [0.29, 0.717) is 10.6 Å². The maximum atomic E-state index is 9.64. The first-order valence-electron chi connectivity index (χ1n) is 5.27. The van der Waals surface area contributed by atoms with Crippen LogP contribution in [0, 0.1) is 0 Å². The van der Waals surface area contributed by atoms with Crippen LogP contribution in [0.2, 0.25) is 5.02 Å². The van der Waals surface area contributed by atoms with E-state index in [0.717, 1.165) is 5.56 Å². The predicted octanol–water partition coefficient (Wildman–Crippen LogP) is 3.04. The summed E-state index contributed by atoms with van der Waals surface area (Å²) in [7, 11) is 1.97. The summed E-state index contributed by atoms with van der Waals surface area (Å²) in [6.07, 6.45) is 7.72. The first kappa shape index (κ1) is 11.7. The molecule has 17 heavy (non-hydrogen) atoms. The molecule has 1 aromatic carbocycles. The lowest BCUT2D eigenvalue weighted by Gasteiger charge is -1.99. The zero-order chi connectivity index (χ0) is 12.3. The van der Waals surface area contributed by atoms with E-state index in [1.165, 1.54) is 0 Å². The SMILES string of the molecule is C[n+]1ccc(/C=C/c2cc(Cl)ccc2O)cc1. The molecule has 0 amide bonds. The molecule has 2 rings (SSSR count). The minimum atomic E-state index is 0.229. The fraction of sp³-hybridized carbons (Fsp3) is 0.0714. The van der Waals surface area contributed by atoms with Crippen molar-refractivity contribution in [2.75, 3.05) is 0 Å². The molecule has 2 aromatic rings. The highest BCUT2D eigenvalue weighted by Crippen LogP contribution is 2.23. The summed E-state index contributed by atoms with van der Waals surface area (Å²) in [5, 5.41) is 10.3. The van der Waals surface area contributed by atoms with Crippen LogP contribution in [-0.4, -0.2) is 5.11 Å². The third kappa shape index (κ3) is 3.08. The van der Waals surface area contributed by atoms with E-state index >= 15 is 0 Å². The van der Waals surface area contributed by atoms with Crippen molar-refractivity contribution in [1.82, 2.24) is 0 Å². The van der Waals surface area contributed by atoms with Gasteiger partial charge in [0.05, 0.1) is 0 Å². The third-order valence-corrected chi connectivity index (χ3v) is 2.68. The van der Waals surface area contributed by atoms with Crippen molar-refractivity contribution in [3.8, 4) is 5.75 Å². The number of benzene rings is 1. The third-order valence-electron chi connectivity index (χ3n) is 2.45. The molecule has 3 heteroatoms. The number of halogens is 1. The van der Waals surface area contributed by atoms with Gasteiger partial charge in [0.15, 0.2) is 12.4 Å². The first-order chi connectivity index (χ1) is 8.15. The van der Waals surface area contributed by atoms with Gasteiger partial charge in [-0.2, -0.15) is 0 Å². The molecule has 86 valence electrons. The number of hydrogen-bond acceptors (Lipinski definition) is 1. The Morgan fingerprint density at radius 3 is 2.53 bits per heavy atom. The molecule has 0 spiro atoms. The Balaban J connectivity index is 2.25. The molecule has 0 unspecified atom stereocenters. The molecule has 0 aliphatic carbocycles. The summed E-state index contributed by atoms with van der Waals surface area (Å²) in [6.45, 7) is 0. The van der Waals surface area contributed by atoms with E-state index < -0.39 is 0 Å². The van der Waals surface area contributed by atoms with Crippen molar-refractivity contribution < 1.29 is 9.67 Å². The Morgan fingerprint density at radius 2 is 1.82 bits per heavy atom. The van der Waals surface area contributed by atoms with E-state index in [1.807, 2.05) is 48.3 Å². The average molecular weight is 247 g/mol. The molecular weight excluding hydrogens is 234 g/mol. The summed E-state index contributed by atoms with van der Waals surface area (Å²) in [4.78, 5) is 0. The average Bonchev–Trinajstić information content (AvgIpc) is 2.32. The first-order valence-corrected chi connectivity index (χ1v) is 5.65. The normalized spacial score (nSPS) is 10.9. The molecule has 0 saturated carbocycles. The van der Waals surface area contributed by atoms with Gasteiger partial charge in [0.1, 0.15) is 12.8 Å². The number of phenols is 1. The summed E-state index contributed by atoms with van der Waals surface area (Å²) in [6, 6.07) is 8.98. The number of aromatic hydroxyl groups is 1. The molecule has 0 radical (unpaired) electrons. The van der Waals surface area contributed by atoms with Crippen LogP contribution in [0.15, 0.2) is 42.7 Å². The fourth-order valence-electron chi connectivity index (χ4n) is 1.47. The molecule has 1 heterocycles. The molecule has 1 aromatic heterocycles. The summed E-state index contributed by atoms with van der Waals surface area (Å²) >= 11 is 5.87. The van der Waals surface area contributed by atoms with Gasteiger partial charge in [-0.1, -0.05) is 23.8 Å². The van der Waals surface area contributed by atoms with E-state index in [4.69, 9.17) is 11.6 Å². The zero-order valence-corrected chi connectivity index (χ0v) is 10.2. The van der Waals surface area contributed by atoms with Gasteiger partial charge in [0.25, 0.3) is 0 Å². The zero-order valence-electron chi connectivity index (χ0n) is 9.47. The molecule has 0 aliphatic heterocycles. The van der Waals surface area contributed by atoms with E-state index in [2.05, 4.69) is 0 Å². The number of rotatable bonds is 2. The van der Waals surface area contributed by atoms with Crippen molar-refractivity contribution in [2.45, 2.75) is 0 Å². The highest BCUT2D eigenvalue weighted by Gasteiger charge is 1.98. The summed E-state index contributed by atoms with van der Waals surface area (Å²) in [5.41, 5.74) is 1.79. The van der Waals surface area contributed by atoms with E-state index in [9.17, 15) is 5.11 Å². The molecule has 2 nitrogen and oxygen atoms in total. The largest absolute Gasteiger partial charge is 0.507 e. The fourth-order valence-corrected chi connectivity index (χ4v) is 1.65. The number of nitrogens with zero attached hydrogens (tertiary/aromatic N) is 1. The van der Waals surface area contributed by atoms with Crippen LogP contribution in [0.4, 0.5) is 0 Å². The highest BCUT2D eigenvalue weighted by atomic mass is 35.5. The number of aryl methyl sites for hydroxylation is 1. The van der Waals surface area contributed by atoms with Gasteiger partial charge in [0, 0.05) is 22.7 Å². The van der Waals surface area contributed by atoms with Crippen LogP contribution < -0.4 is 4.57 Å². The Hall–Kier alpha value is -1.80. The molecule has 0 atom stereocenters. The van der Waals surface area contributed by atoms with Gasteiger partial charge in [-0.3, -0.25) is 0 Å². The number of phenolic OH excluding ortho intramolecular Hbond substituents is 1.